The van der Waals surface area contributed by atoms with E-state index in [0.29, 0.717) is 6.42 Å². The summed E-state index contributed by atoms with van der Waals surface area (Å²) >= 11 is 0. The molecule has 3 nitrogen and oxygen atoms in total. The van der Waals surface area contributed by atoms with Gasteiger partial charge in [-0.05, 0) is 44.5 Å². The van der Waals surface area contributed by atoms with Crippen molar-refractivity contribution in [3.05, 3.63) is 42.5 Å². The van der Waals surface area contributed by atoms with Crippen molar-refractivity contribution in [1.29, 1.82) is 0 Å². The van der Waals surface area contributed by atoms with Crippen LogP contribution in [0.5, 0.6) is 0 Å². The smallest absolute Gasteiger partial charge is 0.0608 e. The second-order valence-corrected chi connectivity index (χ2v) is 6.01. The number of aryl methyl sites for hydroxylation is 1. The number of nitrogens with zero attached hydrogens (tertiary/aromatic N) is 1. The molecule has 3 N–H and O–H groups in total. The van der Waals surface area contributed by atoms with E-state index in [1.165, 1.54) is 21.8 Å². The molecule has 1 heterocycles. The number of nitrogens with two attached hydrogens (primary N) is 1. The first-order chi connectivity index (χ1) is 9.46. The molecular weight excluding hydrogens is 248 g/mol. The maximum absolute atomic E-state index is 9.97. The van der Waals surface area contributed by atoms with Gasteiger partial charge in [-0.15, -0.1) is 0 Å². The lowest BCUT2D eigenvalue weighted by Gasteiger charge is -2.18. The van der Waals surface area contributed by atoms with E-state index in [2.05, 4.69) is 22.8 Å². The fourth-order valence-electron chi connectivity index (χ4n) is 2.70. The molecule has 0 spiro atoms. The van der Waals surface area contributed by atoms with Crippen LogP contribution in [0.25, 0.3) is 21.8 Å². The number of para-hydroxylation sites is 1. The van der Waals surface area contributed by atoms with Crippen LogP contribution in [0.4, 0.5) is 5.69 Å². The topological polar surface area (TPSA) is 51.2 Å². The van der Waals surface area contributed by atoms with E-state index < -0.39 is 5.60 Å². The molecule has 0 amide bonds. The van der Waals surface area contributed by atoms with Gasteiger partial charge < -0.3 is 15.4 Å². The molecule has 104 valence electrons. The molecular formula is C17H20N2O. The first kappa shape index (κ1) is 13.0. The number of rotatable bonds is 3. The zero-order chi connectivity index (χ0) is 14.3. The van der Waals surface area contributed by atoms with Gasteiger partial charge in [-0.2, -0.15) is 0 Å². The lowest BCUT2D eigenvalue weighted by atomic mass is 10.1. The van der Waals surface area contributed by atoms with Gasteiger partial charge in [0, 0.05) is 34.0 Å². The molecule has 0 bridgehead atoms. The van der Waals surface area contributed by atoms with Gasteiger partial charge in [0.05, 0.1) is 5.60 Å². The maximum atomic E-state index is 9.97. The molecule has 0 atom stereocenters. The largest absolute Gasteiger partial charge is 0.399 e. The lowest BCUT2D eigenvalue weighted by Crippen LogP contribution is -2.20. The average Bonchev–Trinajstić information content (AvgIpc) is 2.69. The van der Waals surface area contributed by atoms with Crippen molar-refractivity contribution >= 4 is 27.5 Å². The Kier molecular flexibility index (Phi) is 2.94. The fraction of sp³-hybridized carbons (Fsp3) is 0.294. The second-order valence-electron chi connectivity index (χ2n) is 6.01. The zero-order valence-electron chi connectivity index (χ0n) is 11.9. The molecule has 0 aliphatic heterocycles. The van der Waals surface area contributed by atoms with E-state index in [9.17, 15) is 5.11 Å². The number of benzene rings is 2. The van der Waals surface area contributed by atoms with E-state index in [-0.39, 0.29) is 0 Å². The Morgan fingerprint density at radius 1 is 1.05 bits per heavy atom. The Morgan fingerprint density at radius 2 is 1.75 bits per heavy atom. The van der Waals surface area contributed by atoms with Crippen molar-refractivity contribution in [2.24, 2.45) is 0 Å². The highest BCUT2D eigenvalue weighted by molar-refractivity contribution is 6.08. The second kappa shape index (κ2) is 4.53. The van der Waals surface area contributed by atoms with Gasteiger partial charge in [0.15, 0.2) is 0 Å². The minimum Gasteiger partial charge on any atom is -0.399 e. The normalized spacial score (nSPS) is 12.3. The monoisotopic (exact) mass is 268 g/mol. The number of fused-ring (bicyclic) bond motifs is 3. The molecule has 1 aromatic heterocycles. The van der Waals surface area contributed by atoms with E-state index in [4.69, 9.17) is 5.73 Å². The van der Waals surface area contributed by atoms with Crippen LogP contribution in [0.3, 0.4) is 0 Å². The highest BCUT2D eigenvalue weighted by atomic mass is 16.3. The molecule has 3 heteroatoms. The van der Waals surface area contributed by atoms with Crippen LogP contribution in [-0.4, -0.2) is 15.3 Å². The van der Waals surface area contributed by atoms with Crippen LogP contribution in [0, 0.1) is 0 Å². The third-order valence-corrected chi connectivity index (χ3v) is 3.74. The molecule has 0 saturated carbocycles. The minimum absolute atomic E-state index is 0.661. The van der Waals surface area contributed by atoms with Crippen LogP contribution in [0.2, 0.25) is 0 Å². The molecule has 2 aromatic carbocycles. The summed E-state index contributed by atoms with van der Waals surface area (Å²) in [6.45, 7) is 4.48. The third kappa shape index (κ3) is 2.25. The van der Waals surface area contributed by atoms with Crippen molar-refractivity contribution in [2.45, 2.75) is 32.4 Å². The SMILES string of the molecule is CC(C)(O)CCn1c2ccccc2c2cc(N)ccc21. The van der Waals surface area contributed by atoms with Gasteiger partial charge in [0.1, 0.15) is 0 Å². The first-order valence-electron chi connectivity index (χ1n) is 6.94. The summed E-state index contributed by atoms with van der Waals surface area (Å²) < 4.78 is 2.27. The summed E-state index contributed by atoms with van der Waals surface area (Å²) in [6.07, 6.45) is 0.713. The highest BCUT2D eigenvalue weighted by Gasteiger charge is 2.15. The fourth-order valence-corrected chi connectivity index (χ4v) is 2.70. The Labute approximate surface area is 118 Å². The number of nitrogen functional groups attached to an aromatic ring is 1. The quantitative estimate of drug-likeness (QED) is 0.714. The number of hydrogen-bond acceptors (Lipinski definition) is 2. The van der Waals surface area contributed by atoms with Crippen LogP contribution < -0.4 is 5.73 Å². The van der Waals surface area contributed by atoms with E-state index in [1.807, 2.05) is 38.1 Å². The van der Waals surface area contributed by atoms with Crippen molar-refractivity contribution < 1.29 is 5.11 Å². The number of aromatic nitrogens is 1. The Balaban J connectivity index is 2.22. The third-order valence-electron chi connectivity index (χ3n) is 3.74. The molecule has 3 aromatic rings. The molecule has 0 aliphatic carbocycles. The van der Waals surface area contributed by atoms with E-state index in [0.717, 1.165) is 12.2 Å². The summed E-state index contributed by atoms with van der Waals surface area (Å²) in [4.78, 5) is 0. The summed E-state index contributed by atoms with van der Waals surface area (Å²) in [5, 5.41) is 12.4. The molecule has 0 saturated heterocycles. The van der Waals surface area contributed by atoms with E-state index >= 15 is 0 Å². The van der Waals surface area contributed by atoms with Crippen molar-refractivity contribution in [3.63, 3.8) is 0 Å². The van der Waals surface area contributed by atoms with Crippen molar-refractivity contribution in [1.82, 2.24) is 4.57 Å². The summed E-state index contributed by atoms with van der Waals surface area (Å²) in [5.74, 6) is 0. The predicted molar refractivity (Wildman–Crippen MR) is 84.8 cm³/mol. The van der Waals surface area contributed by atoms with Crippen LogP contribution >= 0.6 is 0 Å². The molecule has 0 unspecified atom stereocenters. The summed E-state index contributed by atoms with van der Waals surface area (Å²) in [6, 6.07) is 14.4. The van der Waals surface area contributed by atoms with Gasteiger partial charge in [-0.1, -0.05) is 18.2 Å². The zero-order valence-corrected chi connectivity index (χ0v) is 11.9. The first-order valence-corrected chi connectivity index (χ1v) is 6.94. The molecule has 0 fully saturated rings. The maximum Gasteiger partial charge on any atom is 0.0608 e. The lowest BCUT2D eigenvalue weighted by molar-refractivity contribution is 0.0669. The van der Waals surface area contributed by atoms with Gasteiger partial charge in [-0.3, -0.25) is 0 Å². The summed E-state index contributed by atoms with van der Waals surface area (Å²) in [5.41, 5.74) is 8.40. The van der Waals surface area contributed by atoms with Gasteiger partial charge in [-0.25, -0.2) is 0 Å². The van der Waals surface area contributed by atoms with Crippen molar-refractivity contribution in [3.8, 4) is 0 Å². The molecule has 0 radical (unpaired) electrons. The number of anilines is 1. The Hall–Kier alpha value is -2.00. The van der Waals surface area contributed by atoms with Crippen LogP contribution in [0.15, 0.2) is 42.5 Å². The average molecular weight is 268 g/mol. The van der Waals surface area contributed by atoms with E-state index in [1.54, 1.807) is 0 Å². The number of aliphatic hydroxyl groups is 1. The van der Waals surface area contributed by atoms with Gasteiger partial charge >= 0.3 is 0 Å². The van der Waals surface area contributed by atoms with Gasteiger partial charge in [0.25, 0.3) is 0 Å². The van der Waals surface area contributed by atoms with Crippen molar-refractivity contribution in [2.75, 3.05) is 5.73 Å². The Morgan fingerprint density at radius 3 is 2.50 bits per heavy atom. The number of hydrogen-bond donors (Lipinski definition) is 2. The Bertz CT molecular complexity index is 766. The predicted octanol–water partition coefficient (Wildman–Crippen LogP) is 3.54. The molecule has 3 rings (SSSR count). The highest BCUT2D eigenvalue weighted by Crippen LogP contribution is 2.31. The minimum atomic E-state index is -0.661. The molecule has 0 aliphatic rings. The molecule has 20 heavy (non-hydrogen) atoms. The van der Waals surface area contributed by atoms with Crippen LogP contribution in [-0.2, 0) is 6.54 Å². The summed E-state index contributed by atoms with van der Waals surface area (Å²) in [7, 11) is 0. The van der Waals surface area contributed by atoms with Crippen LogP contribution in [0.1, 0.15) is 20.3 Å². The standard InChI is InChI=1S/C17H20N2O/c1-17(2,20)9-10-19-15-6-4-3-5-13(15)14-11-12(18)7-8-16(14)19/h3-8,11,20H,9-10,18H2,1-2H3. The van der Waals surface area contributed by atoms with Gasteiger partial charge in [0.2, 0.25) is 0 Å².